The molecule has 0 spiro atoms. The highest BCUT2D eigenvalue weighted by Gasteiger charge is 2.21. The van der Waals surface area contributed by atoms with E-state index in [-0.39, 0.29) is 5.91 Å². The van der Waals surface area contributed by atoms with Crippen molar-refractivity contribution in [3.8, 4) is 11.3 Å². The van der Waals surface area contributed by atoms with E-state index in [2.05, 4.69) is 54.8 Å². The van der Waals surface area contributed by atoms with Gasteiger partial charge in [-0.25, -0.2) is 4.98 Å². The second-order valence-corrected chi connectivity index (χ2v) is 7.82. The molecular weight excluding hydrogens is 334 g/mol. The van der Waals surface area contributed by atoms with Crippen LogP contribution in [-0.4, -0.2) is 21.3 Å². The number of hydrogen-bond donors (Lipinski definition) is 1. The standard InChI is InChI=1S/C23H27N3O/c1-15-10-11-18(13-17(15)3)22-20(14-21(27)24-19-8-4-5-9-19)26-12-6-7-16(2)23(26)25-22/h6-7,10-13,19H,4-5,8-9,14H2,1-3H3,(H,24,27). The number of aromatic nitrogens is 2. The van der Waals surface area contributed by atoms with Crippen LogP contribution < -0.4 is 5.32 Å². The Hall–Kier alpha value is -2.62. The second kappa shape index (κ2) is 7.18. The van der Waals surface area contributed by atoms with E-state index >= 15 is 0 Å². The van der Waals surface area contributed by atoms with Crippen LogP contribution in [-0.2, 0) is 11.2 Å². The molecule has 2 heterocycles. The van der Waals surface area contributed by atoms with Gasteiger partial charge in [0.15, 0.2) is 0 Å². The summed E-state index contributed by atoms with van der Waals surface area (Å²) in [6.45, 7) is 6.30. The lowest BCUT2D eigenvalue weighted by molar-refractivity contribution is -0.121. The quantitative estimate of drug-likeness (QED) is 0.742. The van der Waals surface area contributed by atoms with Gasteiger partial charge in [0, 0.05) is 17.8 Å². The predicted molar refractivity (Wildman–Crippen MR) is 109 cm³/mol. The first-order valence-electron chi connectivity index (χ1n) is 9.86. The van der Waals surface area contributed by atoms with Crippen LogP contribution in [0.1, 0.15) is 48.1 Å². The fourth-order valence-electron chi connectivity index (χ4n) is 4.04. The van der Waals surface area contributed by atoms with Gasteiger partial charge in [0.05, 0.1) is 17.8 Å². The number of benzene rings is 1. The van der Waals surface area contributed by atoms with E-state index < -0.39 is 0 Å². The van der Waals surface area contributed by atoms with Crippen molar-refractivity contribution in [3.05, 3.63) is 58.9 Å². The van der Waals surface area contributed by atoms with E-state index in [4.69, 9.17) is 4.98 Å². The van der Waals surface area contributed by atoms with Crippen molar-refractivity contribution >= 4 is 11.6 Å². The van der Waals surface area contributed by atoms with Gasteiger partial charge < -0.3 is 9.72 Å². The first-order chi connectivity index (χ1) is 13.0. The molecule has 4 heteroatoms. The largest absolute Gasteiger partial charge is 0.353 e. The zero-order chi connectivity index (χ0) is 19.0. The molecule has 0 unspecified atom stereocenters. The molecule has 1 fully saturated rings. The molecule has 1 saturated carbocycles. The van der Waals surface area contributed by atoms with Gasteiger partial charge in [0.1, 0.15) is 5.65 Å². The molecule has 0 saturated heterocycles. The topological polar surface area (TPSA) is 46.4 Å². The molecule has 1 aliphatic rings. The smallest absolute Gasteiger partial charge is 0.226 e. The minimum Gasteiger partial charge on any atom is -0.353 e. The van der Waals surface area contributed by atoms with Gasteiger partial charge >= 0.3 is 0 Å². The molecular formula is C23H27N3O. The first-order valence-corrected chi connectivity index (χ1v) is 9.86. The first kappa shape index (κ1) is 17.8. The summed E-state index contributed by atoms with van der Waals surface area (Å²) in [5.41, 5.74) is 7.49. The van der Waals surface area contributed by atoms with Crippen LogP contribution in [0.25, 0.3) is 16.9 Å². The van der Waals surface area contributed by atoms with Gasteiger partial charge in [-0.15, -0.1) is 0 Å². The minimum atomic E-state index is 0.0929. The summed E-state index contributed by atoms with van der Waals surface area (Å²) in [6.07, 6.45) is 6.99. The Kier molecular flexibility index (Phi) is 4.73. The van der Waals surface area contributed by atoms with Gasteiger partial charge in [-0.1, -0.05) is 31.0 Å². The SMILES string of the molecule is Cc1ccc(-c2nc3c(C)cccn3c2CC(=O)NC2CCCC2)cc1C. The Morgan fingerprint density at radius 1 is 1.11 bits per heavy atom. The highest BCUT2D eigenvalue weighted by Crippen LogP contribution is 2.28. The fraction of sp³-hybridized carbons (Fsp3) is 0.391. The molecule has 4 rings (SSSR count). The third-order valence-corrected chi connectivity index (χ3v) is 5.77. The maximum Gasteiger partial charge on any atom is 0.226 e. The summed E-state index contributed by atoms with van der Waals surface area (Å²) >= 11 is 0. The second-order valence-electron chi connectivity index (χ2n) is 7.82. The molecule has 1 aromatic carbocycles. The van der Waals surface area contributed by atoms with Crippen molar-refractivity contribution in [2.45, 2.75) is 58.9 Å². The number of carbonyl (C=O) groups excluding carboxylic acids is 1. The summed E-state index contributed by atoms with van der Waals surface area (Å²) in [6, 6.07) is 10.8. The molecule has 0 atom stereocenters. The Bertz CT molecular complexity index is 996. The summed E-state index contributed by atoms with van der Waals surface area (Å²) in [5, 5.41) is 3.22. The number of imidazole rings is 1. The number of aryl methyl sites for hydroxylation is 3. The number of nitrogens with zero attached hydrogens (tertiary/aromatic N) is 2. The molecule has 2 aromatic heterocycles. The average molecular weight is 361 g/mol. The van der Waals surface area contributed by atoms with Crippen LogP contribution in [0.15, 0.2) is 36.5 Å². The van der Waals surface area contributed by atoms with Crippen LogP contribution >= 0.6 is 0 Å². The predicted octanol–water partition coefficient (Wildman–Crippen LogP) is 4.53. The van der Waals surface area contributed by atoms with Crippen LogP contribution in [0.4, 0.5) is 0 Å². The van der Waals surface area contributed by atoms with E-state index in [1.165, 1.54) is 24.0 Å². The number of hydrogen-bond acceptors (Lipinski definition) is 2. The van der Waals surface area contributed by atoms with E-state index in [0.717, 1.165) is 41.0 Å². The molecule has 3 aromatic rings. The lowest BCUT2D eigenvalue weighted by Crippen LogP contribution is -2.34. The van der Waals surface area contributed by atoms with Crippen molar-refractivity contribution in [1.82, 2.24) is 14.7 Å². The average Bonchev–Trinajstić information content (AvgIpc) is 3.27. The van der Waals surface area contributed by atoms with Crippen LogP contribution in [0, 0.1) is 20.8 Å². The summed E-state index contributed by atoms with van der Waals surface area (Å²) in [4.78, 5) is 17.7. The third-order valence-electron chi connectivity index (χ3n) is 5.77. The van der Waals surface area contributed by atoms with E-state index in [0.29, 0.717) is 12.5 Å². The molecule has 1 aliphatic carbocycles. The number of carbonyl (C=O) groups is 1. The monoisotopic (exact) mass is 361 g/mol. The van der Waals surface area contributed by atoms with Crippen molar-refractivity contribution < 1.29 is 4.79 Å². The van der Waals surface area contributed by atoms with Gasteiger partial charge in [-0.3, -0.25) is 4.79 Å². The van der Waals surface area contributed by atoms with E-state index in [1.807, 2.05) is 12.3 Å². The molecule has 0 bridgehead atoms. The molecule has 0 radical (unpaired) electrons. The lowest BCUT2D eigenvalue weighted by Gasteiger charge is -2.13. The van der Waals surface area contributed by atoms with Crippen molar-refractivity contribution in [2.24, 2.45) is 0 Å². The van der Waals surface area contributed by atoms with Crippen molar-refractivity contribution in [1.29, 1.82) is 0 Å². The minimum absolute atomic E-state index is 0.0929. The summed E-state index contributed by atoms with van der Waals surface area (Å²) in [7, 11) is 0. The number of amides is 1. The number of rotatable bonds is 4. The molecule has 140 valence electrons. The van der Waals surface area contributed by atoms with E-state index in [9.17, 15) is 4.79 Å². The highest BCUT2D eigenvalue weighted by molar-refractivity contribution is 5.82. The number of nitrogens with one attached hydrogen (secondary N) is 1. The Morgan fingerprint density at radius 3 is 2.63 bits per heavy atom. The molecule has 1 amide bonds. The van der Waals surface area contributed by atoms with Crippen molar-refractivity contribution in [3.63, 3.8) is 0 Å². The van der Waals surface area contributed by atoms with Crippen LogP contribution in [0.5, 0.6) is 0 Å². The summed E-state index contributed by atoms with van der Waals surface area (Å²) in [5.74, 6) is 0.0929. The van der Waals surface area contributed by atoms with Crippen LogP contribution in [0.3, 0.4) is 0 Å². The number of fused-ring (bicyclic) bond motifs is 1. The molecule has 1 N–H and O–H groups in total. The molecule has 0 aliphatic heterocycles. The van der Waals surface area contributed by atoms with Gasteiger partial charge in [0.25, 0.3) is 0 Å². The van der Waals surface area contributed by atoms with Gasteiger partial charge in [-0.2, -0.15) is 0 Å². The maximum absolute atomic E-state index is 12.7. The van der Waals surface area contributed by atoms with Gasteiger partial charge in [0.2, 0.25) is 5.91 Å². The van der Waals surface area contributed by atoms with Crippen molar-refractivity contribution in [2.75, 3.05) is 0 Å². The fourth-order valence-corrected chi connectivity index (χ4v) is 4.04. The molecule has 4 nitrogen and oxygen atoms in total. The zero-order valence-electron chi connectivity index (χ0n) is 16.4. The third kappa shape index (κ3) is 3.48. The number of pyridine rings is 1. The maximum atomic E-state index is 12.7. The molecule has 27 heavy (non-hydrogen) atoms. The highest BCUT2D eigenvalue weighted by atomic mass is 16.1. The van der Waals surface area contributed by atoms with E-state index in [1.54, 1.807) is 0 Å². The van der Waals surface area contributed by atoms with Crippen LogP contribution in [0.2, 0.25) is 0 Å². The lowest BCUT2D eigenvalue weighted by atomic mass is 10.0. The van der Waals surface area contributed by atoms with Gasteiger partial charge in [-0.05, 0) is 62.4 Å². The summed E-state index contributed by atoms with van der Waals surface area (Å²) < 4.78 is 2.08. The Morgan fingerprint density at radius 2 is 1.89 bits per heavy atom. The Balaban J connectivity index is 1.75. The Labute approximate surface area is 160 Å². The zero-order valence-corrected chi connectivity index (χ0v) is 16.4. The normalized spacial score (nSPS) is 14.8.